The minimum Gasteiger partial charge on any atom is -0.394 e. The highest BCUT2D eigenvalue weighted by Gasteiger charge is 2.34. The first kappa shape index (κ1) is 16.9. The van der Waals surface area contributed by atoms with Crippen LogP contribution in [0.5, 0.6) is 0 Å². The van der Waals surface area contributed by atoms with Crippen LogP contribution < -0.4 is 5.32 Å². The van der Waals surface area contributed by atoms with Crippen LogP contribution in [0, 0.1) is 5.82 Å². The van der Waals surface area contributed by atoms with Gasteiger partial charge in [0.1, 0.15) is 5.82 Å². The predicted molar refractivity (Wildman–Crippen MR) is 67.8 cm³/mol. The van der Waals surface area contributed by atoms with Gasteiger partial charge in [-0.3, -0.25) is 0 Å². The van der Waals surface area contributed by atoms with Crippen molar-refractivity contribution in [3.63, 3.8) is 0 Å². The largest absolute Gasteiger partial charge is 0.419 e. The van der Waals surface area contributed by atoms with E-state index < -0.39 is 23.6 Å². The minimum absolute atomic E-state index is 0.208. The van der Waals surface area contributed by atoms with Gasteiger partial charge in [0.15, 0.2) is 0 Å². The maximum absolute atomic E-state index is 13.2. The molecule has 0 heterocycles. The molecule has 0 bridgehead atoms. The summed E-state index contributed by atoms with van der Waals surface area (Å²) in [6.07, 6.45) is -4.75. The Morgan fingerprint density at radius 1 is 1.30 bits per heavy atom. The van der Waals surface area contributed by atoms with E-state index in [1.807, 2.05) is 19.0 Å². The second-order valence-corrected chi connectivity index (χ2v) is 4.73. The highest BCUT2D eigenvalue weighted by atomic mass is 19.4. The van der Waals surface area contributed by atoms with Gasteiger partial charge in [-0.1, -0.05) is 6.07 Å². The number of aliphatic hydroxyl groups excluding tert-OH is 1. The number of benzene rings is 1. The Kier molecular flexibility index (Phi) is 5.91. The molecule has 1 unspecified atom stereocenters. The zero-order valence-electron chi connectivity index (χ0n) is 11.3. The Morgan fingerprint density at radius 3 is 2.45 bits per heavy atom. The monoisotopic (exact) mass is 294 g/mol. The highest BCUT2D eigenvalue weighted by molar-refractivity contribution is 5.29. The molecule has 0 aromatic heterocycles. The van der Waals surface area contributed by atoms with Crippen LogP contribution in [0.3, 0.4) is 0 Å². The molecule has 2 N–H and O–H groups in total. The van der Waals surface area contributed by atoms with Gasteiger partial charge >= 0.3 is 6.18 Å². The number of hydrogen-bond donors (Lipinski definition) is 2. The van der Waals surface area contributed by atoms with Gasteiger partial charge in [0, 0.05) is 13.1 Å². The lowest BCUT2D eigenvalue weighted by Crippen LogP contribution is -2.31. The van der Waals surface area contributed by atoms with Crippen LogP contribution >= 0.6 is 0 Å². The summed E-state index contributed by atoms with van der Waals surface area (Å²) in [6, 6.07) is 2.10. The van der Waals surface area contributed by atoms with Crippen LogP contribution in [0.25, 0.3) is 0 Å². The zero-order chi connectivity index (χ0) is 15.3. The summed E-state index contributed by atoms with van der Waals surface area (Å²) >= 11 is 0. The molecule has 0 radical (unpaired) electrons. The van der Waals surface area contributed by atoms with Crippen molar-refractivity contribution in [2.75, 3.05) is 33.8 Å². The van der Waals surface area contributed by atoms with Crippen molar-refractivity contribution in [1.29, 1.82) is 0 Å². The van der Waals surface area contributed by atoms with E-state index in [0.29, 0.717) is 13.1 Å². The average molecular weight is 294 g/mol. The van der Waals surface area contributed by atoms with E-state index in [1.165, 1.54) is 6.07 Å². The van der Waals surface area contributed by atoms with Crippen LogP contribution in [0.2, 0.25) is 0 Å². The SMILES string of the molecule is CN(C)CCNC(CO)c1ccc(F)c(C(F)(F)F)c1. The minimum atomic E-state index is -4.75. The molecule has 0 saturated carbocycles. The number of alkyl halides is 3. The number of halogens is 4. The van der Waals surface area contributed by atoms with Gasteiger partial charge in [-0.25, -0.2) is 4.39 Å². The van der Waals surface area contributed by atoms with Gasteiger partial charge in [-0.05, 0) is 31.8 Å². The molecular formula is C13H18F4N2O. The van der Waals surface area contributed by atoms with Crippen LogP contribution in [-0.4, -0.2) is 43.8 Å². The standard InChI is InChI=1S/C13H18F4N2O/c1-19(2)6-5-18-12(8-20)9-3-4-11(14)10(7-9)13(15,16)17/h3-4,7,12,18,20H,5-6,8H2,1-2H3. The van der Waals surface area contributed by atoms with E-state index in [0.717, 1.165) is 12.1 Å². The topological polar surface area (TPSA) is 35.5 Å². The number of aliphatic hydroxyl groups is 1. The van der Waals surface area contributed by atoms with Crippen LogP contribution in [0.15, 0.2) is 18.2 Å². The highest BCUT2D eigenvalue weighted by Crippen LogP contribution is 2.32. The normalized spacial score (nSPS) is 13.8. The van der Waals surface area contributed by atoms with E-state index >= 15 is 0 Å². The van der Waals surface area contributed by atoms with Crippen molar-refractivity contribution in [3.8, 4) is 0 Å². The fourth-order valence-electron chi connectivity index (χ4n) is 1.73. The average Bonchev–Trinajstić information content (AvgIpc) is 2.34. The maximum atomic E-state index is 13.2. The predicted octanol–water partition coefficient (Wildman–Crippen LogP) is 2.03. The molecule has 0 aliphatic heterocycles. The van der Waals surface area contributed by atoms with E-state index in [2.05, 4.69) is 5.32 Å². The fourth-order valence-corrected chi connectivity index (χ4v) is 1.73. The first-order valence-corrected chi connectivity index (χ1v) is 6.11. The first-order chi connectivity index (χ1) is 9.25. The molecule has 0 amide bonds. The zero-order valence-corrected chi connectivity index (χ0v) is 11.3. The number of likely N-dealkylation sites (N-methyl/N-ethyl adjacent to an activating group) is 1. The fraction of sp³-hybridized carbons (Fsp3) is 0.538. The smallest absolute Gasteiger partial charge is 0.394 e. The van der Waals surface area contributed by atoms with Crippen molar-refractivity contribution < 1.29 is 22.7 Å². The van der Waals surface area contributed by atoms with E-state index in [1.54, 1.807) is 0 Å². The molecule has 0 aliphatic carbocycles. The Hall–Kier alpha value is -1.18. The van der Waals surface area contributed by atoms with Crippen molar-refractivity contribution in [3.05, 3.63) is 35.1 Å². The second kappa shape index (κ2) is 7.01. The van der Waals surface area contributed by atoms with Crippen molar-refractivity contribution in [2.24, 2.45) is 0 Å². The molecule has 1 rings (SSSR count). The summed E-state index contributed by atoms with van der Waals surface area (Å²) in [5.41, 5.74) is -1.11. The van der Waals surface area contributed by atoms with E-state index in [4.69, 9.17) is 0 Å². The van der Waals surface area contributed by atoms with Crippen molar-refractivity contribution in [2.45, 2.75) is 12.2 Å². The van der Waals surface area contributed by atoms with E-state index in [-0.39, 0.29) is 12.2 Å². The molecule has 0 fully saturated rings. The van der Waals surface area contributed by atoms with Gasteiger partial charge in [-0.2, -0.15) is 13.2 Å². The summed E-state index contributed by atoms with van der Waals surface area (Å²) in [5, 5.41) is 12.2. The van der Waals surface area contributed by atoms with Gasteiger partial charge in [0.05, 0.1) is 18.2 Å². The van der Waals surface area contributed by atoms with Gasteiger partial charge < -0.3 is 15.3 Å². The Balaban J connectivity index is 2.88. The summed E-state index contributed by atoms with van der Waals surface area (Å²) < 4.78 is 51.1. The third-order valence-corrected chi connectivity index (χ3v) is 2.83. The Labute approximate surface area is 115 Å². The molecular weight excluding hydrogens is 276 g/mol. The van der Waals surface area contributed by atoms with Gasteiger partial charge in [0.25, 0.3) is 0 Å². The summed E-state index contributed by atoms with van der Waals surface area (Å²) in [6.45, 7) is 0.803. The quantitative estimate of drug-likeness (QED) is 0.788. The summed E-state index contributed by atoms with van der Waals surface area (Å²) in [7, 11) is 3.71. The second-order valence-electron chi connectivity index (χ2n) is 4.73. The molecule has 20 heavy (non-hydrogen) atoms. The Bertz CT molecular complexity index is 435. The van der Waals surface area contributed by atoms with Crippen LogP contribution in [0.4, 0.5) is 17.6 Å². The molecule has 1 aromatic carbocycles. The summed E-state index contributed by atoms with van der Waals surface area (Å²) in [4.78, 5) is 1.90. The first-order valence-electron chi connectivity index (χ1n) is 6.11. The lowest BCUT2D eigenvalue weighted by atomic mass is 10.0. The van der Waals surface area contributed by atoms with Crippen molar-refractivity contribution in [1.82, 2.24) is 10.2 Å². The molecule has 0 saturated heterocycles. The lowest BCUT2D eigenvalue weighted by Gasteiger charge is -2.20. The maximum Gasteiger partial charge on any atom is 0.419 e. The number of rotatable bonds is 6. The van der Waals surface area contributed by atoms with Crippen LogP contribution in [-0.2, 0) is 6.18 Å². The summed E-state index contributed by atoms with van der Waals surface area (Å²) in [5.74, 6) is -1.31. The number of nitrogens with one attached hydrogen (secondary N) is 1. The van der Waals surface area contributed by atoms with E-state index in [9.17, 15) is 22.7 Å². The molecule has 114 valence electrons. The third-order valence-electron chi connectivity index (χ3n) is 2.83. The number of hydrogen-bond acceptors (Lipinski definition) is 3. The van der Waals surface area contributed by atoms with Crippen LogP contribution in [0.1, 0.15) is 17.2 Å². The van der Waals surface area contributed by atoms with Gasteiger partial charge in [0.2, 0.25) is 0 Å². The van der Waals surface area contributed by atoms with Crippen molar-refractivity contribution >= 4 is 0 Å². The molecule has 1 aromatic rings. The molecule has 0 aliphatic rings. The molecule has 0 spiro atoms. The molecule has 7 heteroatoms. The third kappa shape index (κ3) is 4.73. The Morgan fingerprint density at radius 2 is 1.95 bits per heavy atom. The molecule has 1 atom stereocenters. The molecule has 3 nitrogen and oxygen atoms in total. The van der Waals surface area contributed by atoms with Gasteiger partial charge in [-0.15, -0.1) is 0 Å². The lowest BCUT2D eigenvalue weighted by molar-refractivity contribution is -0.140. The number of nitrogens with zero attached hydrogens (tertiary/aromatic N) is 1.